The first-order chi connectivity index (χ1) is 18.8. The highest BCUT2D eigenvalue weighted by atomic mass is 16.7. The third-order valence-electron chi connectivity index (χ3n) is 7.47. The van der Waals surface area contributed by atoms with E-state index in [-0.39, 0.29) is 11.9 Å². The van der Waals surface area contributed by atoms with Gasteiger partial charge >= 0.3 is 5.97 Å². The number of unbranched alkanes of at least 4 members (excludes halogenated alkanes) is 11. The summed E-state index contributed by atoms with van der Waals surface area (Å²) in [4.78, 5) is 12.8. The maximum absolute atomic E-state index is 12.8. The second-order valence-electron chi connectivity index (χ2n) is 12.0. The number of hydrogen-bond donors (Lipinski definition) is 0. The van der Waals surface area contributed by atoms with Crippen LogP contribution in [-0.4, -0.2) is 37.4 Å². The summed E-state index contributed by atoms with van der Waals surface area (Å²) in [5, 5.41) is 0. The molecule has 0 aliphatic rings. The van der Waals surface area contributed by atoms with Crippen molar-refractivity contribution in [2.75, 3.05) is 20.6 Å². The summed E-state index contributed by atoms with van der Waals surface area (Å²) in [6.07, 6.45) is 16.6. The van der Waals surface area contributed by atoms with Crippen molar-refractivity contribution < 1.29 is 18.8 Å². The summed E-state index contributed by atoms with van der Waals surface area (Å²) in [6.45, 7) is 7.61. The van der Waals surface area contributed by atoms with Crippen LogP contribution < -0.4 is 4.74 Å². The first-order valence-corrected chi connectivity index (χ1v) is 15.6. The summed E-state index contributed by atoms with van der Waals surface area (Å²) in [5.74, 6) is 0.403. The molecule has 218 valence electrons. The number of nitrogens with zero attached hydrogens (tertiary/aromatic N) is 1. The largest absolute Gasteiger partial charge is 0.455 e. The highest BCUT2D eigenvalue weighted by Gasteiger charge is 2.27. The fraction of sp³-hybridized carbons (Fsp3) is 0.629. The number of carbonyl (C=O) groups excluding carboxylic acids is 1. The fourth-order valence-corrected chi connectivity index (χ4v) is 5.42. The molecule has 2 aromatic carbocycles. The molecule has 0 fully saturated rings. The Balaban J connectivity index is 1.67. The van der Waals surface area contributed by atoms with E-state index in [2.05, 4.69) is 57.4 Å². The van der Waals surface area contributed by atoms with Gasteiger partial charge in [0.25, 0.3) is 0 Å². The van der Waals surface area contributed by atoms with Crippen molar-refractivity contribution in [3.63, 3.8) is 0 Å². The third-order valence-corrected chi connectivity index (χ3v) is 7.47. The van der Waals surface area contributed by atoms with E-state index in [1.54, 1.807) is 0 Å². The van der Waals surface area contributed by atoms with E-state index >= 15 is 0 Å². The zero-order chi connectivity index (χ0) is 28.3. The summed E-state index contributed by atoms with van der Waals surface area (Å²) in [7, 11) is 4.31. The van der Waals surface area contributed by atoms with Crippen molar-refractivity contribution in [1.82, 2.24) is 0 Å². The monoisotopic (exact) mass is 538 g/mol. The topological polar surface area (TPSA) is 35.5 Å². The Morgan fingerprint density at radius 3 is 1.90 bits per heavy atom. The number of rotatable bonds is 21. The number of ether oxygens (including phenoxy) is 2. The van der Waals surface area contributed by atoms with Crippen molar-refractivity contribution >= 4 is 5.97 Å². The van der Waals surface area contributed by atoms with E-state index in [9.17, 15) is 4.79 Å². The minimum atomic E-state index is -0.618. The molecule has 4 heteroatoms. The maximum Gasteiger partial charge on any atom is 0.317 e. The van der Waals surface area contributed by atoms with Gasteiger partial charge in [-0.15, -0.1) is 0 Å². The SMILES string of the molecule is CCCCCCCCCCCCCCc1ccccc1OC(C)OC(=O)C(C)C[N+](C)(C)Cc1ccccc1. The highest BCUT2D eigenvalue weighted by molar-refractivity contribution is 5.72. The number of quaternary nitrogens is 1. The van der Waals surface area contributed by atoms with Crippen LogP contribution in [-0.2, 0) is 22.5 Å². The van der Waals surface area contributed by atoms with Gasteiger partial charge in [0.15, 0.2) is 0 Å². The number of para-hydroxylation sites is 1. The molecule has 0 N–H and O–H groups in total. The Bertz CT molecular complexity index is 911. The first-order valence-electron chi connectivity index (χ1n) is 15.6. The number of hydrogen-bond acceptors (Lipinski definition) is 3. The summed E-state index contributed by atoms with van der Waals surface area (Å²) >= 11 is 0. The molecule has 2 rings (SSSR count). The quantitative estimate of drug-likeness (QED) is 0.0688. The maximum atomic E-state index is 12.8. The Hall–Kier alpha value is -2.33. The zero-order valence-electron chi connectivity index (χ0n) is 25.6. The average Bonchev–Trinajstić information content (AvgIpc) is 2.90. The van der Waals surface area contributed by atoms with Crippen LogP contribution >= 0.6 is 0 Å². The van der Waals surface area contributed by atoms with Crippen LogP contribution in [0.4, 0.5) is 0 Å². The molecular formula is C35H56NO3+. The zero-order valence-corrected chi connectivity index (χ0v) is 25.6. The lowest BCUT2D eigenvalue weighted by molar-refractivity contribution is -0.905. The Labute approximate surface area is 239 Å². The van der Waals surface area contributed by atoms with Crippen molar-refractivity contribution in [2.45, 2.75) is 117 Å². The van der Waals surface area contributed by atoms with Gasteiger partial charge in [-0.25, -0.2) is 0 Å². The molecule has 4 nitrogen and oxygen atoms in total. The van der Waals surface area contributed by atoms with Gasteiger partial charge in [0.1, 0.15) is 18.2 Å². The molecular weight excluding hydrogens is 482 g/mol. The molecule has 39 heavy (non-hydrogen) atoms. The van der Waals surface area contributed by atoms with Gasteiger partial charge in [0.05, 0.1) is 20.6 Å². The van der Waals surface area contributed by atoms with Crippen molar-refractivity contribution in [1.29, 1.82) is 0 Å². The van der Waals surface area contributed by atoms with Gasteiger partial charge in [-0.05, 0) is 31.4 Å². The van der Waals surface area contributed by atoms with E-state index in [0.717, 1.165) is 29.6 Å². The molecule has 0 saturated carbocycles. The number of benzene rings is 2. The second-order valence-corrected chi connectivity index (χ2v) is 12.0. The lowest BCUT2D eigenvalue weighted by Crippen LogP contribution is -2.44. The summed E-state index contributed by atoms with van der Waals surface area (Å²) in [5.41, 5.74) is 2.46. The second kappa shape index (κ2) is 18.9. The molecule has 2 unspecified atom stereocenters. The molecule has 0 amide bonds. The molecule has 0 heterocycles. The third kappa shape index (κ3) is 14.6. The molecule has 0 spiro atoms. The van der Waals surface area contributed by atoms with Crippen LogP contribution in [0, 0.1) is 5.92 Å². The lowest BCUT2D eigenvalue weighted by atomic mass is 10.0. The van der Waals surface area contributed by atoms with Gasteiger partial charge in [-0.3, -0.25) is 4.79 Å². The smallest absolute Gasteiger partial charge is 0.317 e. The van der Waals surface area contributed by atoms with Gasteiger partial charge < -0.3 is 14.0 Å². The van der Waals surface area contributed by atoms with Crippen molar-refractivity contribution in [3.8, 4) is 5.75 Å². The minimum Gasteiger partial charge on any atom is -0.455 e. The van der Waals surface area contributed by atoms with Crippen LogP contribution in [0.15, 0.2) is 54.6 Å². The molecule has 0 aromatic heterocycles. The van der Waals surface area contributed by atoms with Gasteiger partial charge in [0.2, 0.25) is 6.29 Å². The fourth-order valence-electron chi connectivity index (χ4n) is 5.42. The van der Waals surface area contributed by atoms with Crippen molar-refractivity contribution in [2.24, 2.45) is 5.92 Å². The predicted octanol–water partition coefficient (Wildman–Crippen LogP) is 9.11. The summed E-state index contributed by atoms with van der Waals surface area (Å²) < 4.78 is 12.5. The van der Waals surface area contributed by atoms with E-state index in [1.165, 1.54) is 81.8 Å². The van der Waals surface area contributed by atoms with Gasteiger partial charge in [0, 0.05) is 12.5 Å². The van der Waals surface area contributed by atoms with Crippen LogP contribution in [0.1, 0.15) is 109 Å². The first kappa shape index (κ1) is 32.9. The summed E-state index contributed by atoms with van der Waals surface area (Å²) in [6, 6.07) is 18.6. The predicted molar refractivity (Wildman–Crippen MR) is 164 cm³/mol. The lowest BCUT2D eigenvalue weighted by Gasteiger charge is -2.32. The molecule has 2 atom stereocenters. The molecule has 0 saturated heterocycles. The van der Waals surface area contributed by atoms with Gasteiger partial charge in [-0.1, -0.05) is 126 Å². The molecule has 0 bridgehead atoms. The minimum absolute atomic E-state index is 0.208. The van der Waals surface area contributed by atoms with Crippen LogP contribution in [0.3, 0.4) is 0 Å². The standard InChI is InChI=1S/C35H56NO3/c1-6-7-8-9-10-11-12-13-14-15-16-20-25-33-26-21-22-27-34(33)38-31(3)39-35(37)30(2)28-36(4,5)29-32-23-18-17-19-24-32/h17-19,21-24,26-27,30-31H,6-16,20,25,28-29H2,1-5H3/q+1. The molecule has 0 radical (unpaired) electrons. The average molecular weight is 539 g/mol. The van der Waals surface area contributed by atoms with E-state index < -0.39 is 6.29 Å². The number of esters is 1. The molecule has 0 aliphatic heterocycles. The van der Waals surface area contributed by atoms with E-state index in [0.29, 0.717) is 6.54 Å². The normalized spacial score (nSPS) is 13.2. The van der Waals surface area contributed by atoms with Crippen LogP contribution in [0.5, 0.6) is 5.75 Å². The van der Waals surface area contributed by atoms with E-state index in [4.69, 9.17) is 9.47 Å². The Morgan fingerprint density at radius 1 is 0.744 bits per heavy atom. The molecule has 2 aromatic rings. The van der Waals surface area contributed by atoms with Crippen LogP contribution in [0.2, 0.25) is 0 Å². The van der Waals surface area contributed by atoms with Crippen LogP contribution in [0.25, 0.3) is 0 Å². The highest BCUT2D eigenvalue weighted by Crippen LogP contribution is 2.23. The Kier molecular flexibility index (Phi) is 15.9. The molecule has 0 aliphatic carbocycles. The van der Waals surface area contributed by atoms with E-state index in [1.807, 2.05) is 32.0 Å². The van der Waals surface area contributed by atoms with Crippen molar-refractivity contribution in [3.05, 3.63) is 65.7 Å². The Morgan fingerprint density at radius 2 is 1.28 bits per heavy atom. The number of carbonyl (C=O) groups is 1. The number of aryl methyl sites for hydroxylation is 1. The van der Waals surface area contributed by atoms with Gasteiger partial charge in [-0.2, -0.15) is 0 Å².